The average molecular weight is 1090 g/mol. The summed E-state index contributed by atoms with van der Waals surface area (Å²) in [6.45, 7) is 0.443. The van der Waals surface area contributed by atoms with Crippen LogP contribution in [0.2, 0.25) is 0 Å². The number of unbranched alkanes of at least 4 members (excludes halogenated alkanes) is 3. The second kappa shape index (κ2) is 23.3. The van der Waals surface area contributed by atoms with Crippen molar-refractivity contribution in [2.75, 3.05) is 67.7 Å². The molecule has 4 aliphatic rings. The average Bonchev–Trinajstić information content (AvgIpc) is 3.68. The van der Waals surface area contributed by atoms with Crippen LogP contribution in [0.25, 0.3) is 0 Å². The van der Waals surface area contributed by atoms with E-state index in [4.69, 9.17) is 38.9 Å². The molecule has 0 spiro atoms. The van der Waals surface area contributed by atoms with Gasteiger partial charge in [-0.1, -0.05) is 49.2 Å². The van der Waals surface area contributed by atoms with Crippen LogP contribution in [0.1, 0.15) is 84.0 Å². The molecule has 80 heavy (non-hydrogen) atoms. The molecule has 6 aromatic rings. The van der Waals surface area contributed by atoms with Crippen molar-refractivity contribution in [3.05, 3.63) is 181 Å². The summed E-state index contributed by atoms with van der Waals surface area (Å²) >= 11 is 0. The predicted octanol–water partition coefficient (Wildman–Crippen LogP) is 5.32. The van der Waals surface area contributed by atoms with Gasteiger partial charge in [-0.15, -0.1) is 0 Å². The molecule has 4 bridgehead atoms. The van der Waals surface area contributed by atoms with Crippen molar-refractivity contribution in [1.29, 1.82) is 0 Å². The molecule has 0 aromatic carbocycles. The van der Waals surface area contributed by atoms with Gasteiger partial charge in [-0.05, 0) is 98.7 Å². The number of Topliss-reactive ketones (excluding diaryl/α,β-unsaturated/α-hetero) is 2. The highest BCUT2D eigenvalue weighted by molar-refractivity contribution is 6.18. The molecule has 0 aliphatic carbocycles. The number of esters is 4. The van der Waals surface area contributed by atoms with Crippen LogP contribution in [0.4, 0.5) is 0 Å². The van der Waals surface area contributed by atoms with Crippen LogP contribution in [-0.4, -0.2) is 153 Å². The number of carbonyl (C=O) groups excluding carboxylic acids is 6. The Hall–Kier alpha value is -8.04. The van der Waals surface area contributed by atoms with Crippen molar-refractivity contribution in [1.82, 2.24) is 49.5 Å². The molecule has 10 heterocycles. The quantitative estimate of drug-likeness (QED) is 0.0432. The van der Waals surface area contributed by atoms with Crippen LogP contribution < -0.4 is 0 Å². The normalized spacial score (nSPS) is 26.9. The predicted molar refractivity (Wildman–Crippen MR) is 287 cm³/mol. The van der Waals surface area contributed by atoms with E-state index in [1.165, 1.54) is 28.4 Å². The molecule has 4 fully saturated rings. The van der Waals surface area contributed by atoms with Gasteiger partial charge < -0.3 is 18.9 Å². The fourth-order valence-electron chi connectivity index (χ4n) is 13.6. The molecule has 4 aliphatic heterocycles. The van der Waals surface area contributed by atoms with Crippen molar-refractivity contribution >= 4 is 35.4 Å². The Labute approximate surface area is 463 Å². The SMILES string of the molecule is COC(=O)C12CN(Cc3ccccn3)CC(C(=O)OC)(C1=O)C(c1ccccn1)N(CCCCCCN1C(c3ccccn3)C3(C(=O)OC)CN(Cc4ccccn4)CC(C(=O)OC)(C3=O)C1c1ccccn1)C2c1ccccn1. The number of aromatic nitrogens is 6. The Morgan fingerprint density at radius 3 is 0.887 bits per heavy atom. The van der Waals surface area contributed by atoms with Crippen LogP contribution in [0.3, 0.4) is 0 Å². The Bertz CT molecular complexity index is 2800. The zero-order valence-corrected chi connectivity index (χ0v) is 45.2. The van der Waals surface area contributed by atoms with Gasteiger partial charge in [0, 0.05) is 76.4 Å². The van der Waals surface area contributed by atoms with Gasteiger partial charge in [0.05, 0.1) is 86.8 Å². The summed E-state index contributed by atoms with van der Waals surface area (Å²) in [5, 5.41) is 0. The second-order valence-corrected chi connectivity index (χ2v) is 21.0. The number of piperidine rings is 4. The number of likely N-dealkylation sites (tertiary alicyclic amines) is 4. The first-order chi connectivity index (χ1) is 39.0. The van der Waals surface area contributed by atoms with Gasteiger partial charge in [0.15, 0.2) is 33.2 Å². The summed E-state index contributed by atoms with van der Waals surface area (Å²) < 4.78 is 22.5. The third kappa shape index (κ3) is 9.32. The van der Waals surface area contributed by atoms with Gasteiger partial charge in [0.2, 0.25) is 0 Å². The molecule has 4 saturated heterocycles. The smallest absolute Gasteiger partial charge is 0.322 e. The fraction of sp³-hybridized carbons (Fsp3) is 0.400. The number of ether oxygens (including phenoxy) is 4. The number of fused-ring (bicyclic) bond motifs is 4. The maximum absolute atomic E-state index is 15.9. The first-order valence-corrected chi connectivity index (χ1v) is 26.8. The number of pyridine rings is 6. The Balaban J connectivity index is 1.03. The molecule has 8 unspecified atom stereocenters. The van der Waals surface area contributed by atoms with Crippen LogP contribution in [0, 0.1) is 21.7 Å². The van der Waals surface area contributed by atoms with Crippen molar-refractivity contribution in [3.63, 3.8) is 0 Å². The van der Waals surface area contributed by atoms with Crippen molar-refractivity contribution < 1.29 is 47.7 Å². The molecule has 20 nitrogen and oxygen atoms in total. The molecule has 0 amide bonds. The lowest BCUT2D eigenvalue weighted by Crippen LogP contribution is -2.76. The lowest BCUT2D eigenvalue weighted by molar-refractivity contribution is -0.208. The van der Waals surface area contributed by atoms with Crippen LogP contribution in [-0.2, 0) is 60.8 Å². The van der Waals surface area contributed by atoms with E-state index in [1.54, 1.807) is 122 Å². The summed E-state index contributed by atoms with van der Waals surface area (Å²) in [6, 6.07) is 28.1. The van der Waals surface area contributed by atoms with Crippen molar-refractivity contribution in [3.8, 4) is 0 Å². The Morgan fingerprint density at radius 2 is 0.662 bits per heavy atom. The number of nitrogens with zero attached hydrogens (tertiary/aromatic N) is 10. The minimum atomic E-state index is -1.99. The van der Waals surface area contributed by atoms with E-state index in [-0.39, 0.29) is 52.4 Å². The second-order valence-electron chi connectivity index (χ2n) is 21.0. The summed E-state index contributed by atoms with van der Waals surface area (Å²) in [4.78, 5) is 128. The largest absolute Gasteiger partial charge is 0.468 e. The van der Waals surface area contributed by atoms with Crippen LogP contribution in [0.15, 0.2) is 146 Å². The molecule has 10 rings (SSSR count). The summed E-state index contributed by atoms with van der Waals surface area (Å²) in [5.41, 5.74) is -4.91. The molecule has 0 N–H and O–H groups in total. The summed E-state index contributed by atoms with van der Waals surface area (Å²) in [7, 11) is 4.97. The highest BCUT2D eigenvalue weighted by Gasteiger charge is 2.77. The molecular formula is C60H64N10O10. The van der Waals surface area contributed by atoms with Crippen molar-refractivity contribution in [2.45, 2.75) is 62.9 Å². The maximum Gasteiger partial charge on any atom is 0.322 e. The zero-order chi connectivity index (χ0) is 56.1. The molecule has 0 saturated carbocycles. The molecule has 6 aromatic heterocycles. The van der Waals surface area contributed by atoms with Gasteiger partial charge in [-0.3, -0.25) is 78.3 Å². The van der Waals surface area contributed by atoms with Gasteiger partial charge in [-0.25, -0.2) is 0 Å². The number of rotatable bonds is 19. The van der Waals surface area contributed by atoms with Gasteiger partial charge in [0.25, 0.3) is 0 Å². The molecule has 8 atom stereocenters. The van der Waals surface area contributed by atoms with E-state index >= 15 is 9.59 Å². The van der Waals surface area contributed by atoms with Gasteiger partial charge in [-0.2, -0.15) is 0 Å². The van der Waals surface area contributed by atoms with E-state index in [0.717, 1.165) is 0 Å². The van der Waals surface area contributed by atoms with Crippen LogP contribution >= 0.6 is 0 Å². The Kier molecular flexibility index (Phi) is 16.1. The number of hydrogen-bond donors (Lipinski definition) is 0. The van der Waals surface area contributed by atoms with Gasteiger partial charge in [0.1, 0.15) is 0 Å². The number of hydrogen-bond acceptors (Lipinski definition) is 20. The number of carbonyl (C=O) groups is 6. The lowest BCUT2D eigenvalue weighted by atomic mass is 9.54. The third-order valence-corrected chi connectivity index (χ3v) is 16.6. The van der Waals surface area contributed by atoms with Crippen molar-refractivity contribution in [2.24, 2.45) is 21.7 Å². The van der Waals surface area contributed by atoms with E-state index in [9.17, 15) is 19.2 Å². The van der Waals surface area contributed by atoms with Gasteiger partial charge >= 0.3 is 23.9 Å². The van der Waals surface area contributed by atoms with E-state index < -0.39 is 81.3 Å². The zero-order valence-electron chi connectivity index (χ0n) is 45.2. The lowest BCUT2D eigenvalue weighted by Gasteiger charge is -2.61. The molecule has 20 heteroatoms. The fourth-order valence-corrected chi connectivity index (χ4v) is 13.6. The molecular weight excluding hydrogens is 1020 g/mol. The van der Waals surface area contributed by atoms with E-state index in [2.05, 4.69) is 9.97 Å². The van der Waals surface area contributed by atoms with E-state index in [1.807, 2.05) is 43.9 Å². The highest BCUT2D eigenvalue weighted by atomic mass is 16.5. The standard InChI is InChI=1S/C60H64N10O10/c1-77-53(73)57-37-67(35-41-21-7-13-27-61-41)38-58(51(57)71,54(74)78-2)48(44-24-10-16-30-64-44)69(47(57)43-23-9-15-29-63-43)33-19-5-6-20-34-70-49(45-25-11-17-31-65-45)59(55(75)79-3)39-68(36-42-22-8-14-28-62-42)40-60(52(59)72,56(76)80-4)50(70)46-26-12-18-32-66-46/h7-18,21-32,47-50H,5-6,19-20,33-40H2,1-4H3. The topological polar surface area (TPSA) is 230 Å². The first kappa shape index (κ1) is 55.3. The maximum atomic E-state index is 15.9. The molecule has 0 radical (unpaired) electrons. The first-order valence-electron chi connectivity index (χ1n) is 26.8. The monoisotopic (exact) mass is 1080 g/mol. The summed E-state index contributed by atoms with van der Waals surface area (Å²) in [5.74, 6) is -4.52. The highest BCUT2D eigenvalue weighted by Crippen LogP contribution is 2.63. The number of ketones is 2. The molecule has 414 valence electrons. The minimum absolute atomic E-state index is 0.116. The Morgan fingerprint density at radius 1 is 0.400 bits per heavy atom. The van der Waals surface area contributed by atoms with E-state index in [0.29, 0.717) is 59.8 Å². The summed E-state index contributed by atoms with van der Waals surface area (Å²) in [6.07, 6.45) is 11.9. The third-order valence-electron chi connectivity index (χ3n) is 16.6. The minimum Gasteiger partial charge on any atom is -0.468 e. The van der Waals surface area contributed by atoms with Crippen LogP contribution in [0.5, 0.6) is 0 Å². The number of methoxy groups -OCH3 is 4.